The van der Waals surface area contributed by atoms with Gasteiger partial charge in [-0.15, -0.1) is 0 Å². The van der Waals surface area contributed by atoms with E-state index in [9.17, 15) is 78.7 Å². The van der Waals surface area contributed by atoms with E-state index >= 15 is 0 Å². The number of carboxylic acids is 1. The minimum atomic E-state index is -4.67. The van der Waals surface area contributed by atoms with Crippen LogP contribution in [-0.4, -0.2) is 275 Å². The van der Waals surface area contributed by atoms with E-state index in [0.29, 0.717) is 76.2 Å². The van der Waals surface area contributed by atoms with Crippen molar-refractivity contribution in [2.24, 2.45) is 23.5 Å². The number of aliphatic hydroxyl groups is 4. The standard InChI is InChI=1S/C8H11F2NO2.C8H12FNO2.C8H13NO2.C7H10O3.C6H11F2NO3.C6H8O3.C6H10O2.C5H7F2NO2.2C4H8O.CH4O.H2O4S/c1-7(2)11-5(4-13-7)3-8(9,10)6(11)12;1-8(2)10-5(4-12-8)3-6(9)7(10)11;1-8(2)9-6(5-11-8)3-4-7(9)10;1-10-7(9)5-2-3-6(8)4-5;1-12-5(11)6(7,8)2-4(9)3-10;7-5-2-1-4(3-5)6(8)9;7-4-5-1-2-6(8)3-5;6-5(7)1-3(2-9)8-4(5)10;2*1-2-4-5-3-1;1-2;1-5(2,3)4/h5H,3-4H2,1-2H3;5-6H,3-4H2,1-2H3;6H,3-5H2,1-2H3;5H,2-4H2,1H3;4,10H,2-3,9H2,1H3;4H,1-3H2,(H,8,9);5,7H,1-4H2;3,9H,1-2H2,(H,8,10);2*1-4H2;2H,1H3;(H2,1,2,3,4)/t5-;5-,6?;6-;5-;2*4-;5-;3-;;;;/m11101001..../s1. The third-order valence-corrected chi connectivity index (χ3v) is 17.0. The molecule has 4 amide bonds. The topological polar surface area (TPSA) is 459 Å². The predicted octanol–water partition coefficient (Wildman–Crippen LogP) is 3.30. The number of halogens is 7. The molecule has 0 radical (unpaired) electrons. The number of nitrogens with zero attached hydrogens (tertiary/aromatic N) is 3. The summed E-state index contributed by atoms with van der Waals surface area (Å²) >= 11 is 0. The van der Waals surface area contributed by atoms with Crippen LogP contribution < -0.4 is 11.1 Å². The number of esters is 2. The van der Waals surface area contributed by atoms with Crippen molar-refractivity contribution in [3.63, 3.8) is 0 Å². The number of alkyl halides is 7. The second-order valence-corrected chi connectivity index (χ2v) is 27.3. The molecule has 0 aromatic heterocycles. The van der Waals surface area contributed by atoms with Gasteiger partial charge in [-0.1, -0.05) is 0 Å². The molecular weight excluding hydrogens is 1410 g/mol. The van der Waals surface area contributed by atoms with E-state index in [2.05, 4.69) is 9.47 Å². The maximum absolute atomic E-state index is 13.0. The zero-order valence-corrected chi connectivity index (χ0v) is 59.9. The fourth-order valence-electron chi connectivity index (χ4n) is 11.8. The summed E-state index contributed by atoms with van der Waals surface area (Å²) in [6.07, 6.45) is 8.89. The SMILES string of the molecule is C1CCOC1.C1CCOC1.CC1(C)OC[C@H]2CC(F)(F)C(=O)N21.CC1(C)OC[C@H]2CC(F)C(=O)N21.CC1(C)OC[C@H]2CCC(=O)N21.CO.COC(=O)C(F)(F)C[C@@H](N)CO.COC(=O)[C@H]1CCC(=O)C1.O=C1CC[C@H](C(=O)O)C1.O=C1CC[C@H](CO)C1.O=C1N[C@@H](CO)CC1(F)F.O=S(=O)(O)O. The highest BCUT2D eigenvalue weighted by Crippen LogP contribution is 2.43. The quantitative estimate of drug-likeness (QED) is 0.0956. The molecule has 12 aliphatic rings. The number of aliphatic carboxylic acids is 1. The largest absolute Gasteiger partial charge is 0.481 e. The van der Waals surface area contributed by atoms with Crippen LogP contribution in [0.25, 0.3) is 0 Å². The van der Waals surface area contributed by atoms with Crippen LogP contribution in [0.4, 0.5) is 30.7 Å². The Morgan fingerprint density at radius 2 is 1.09 bits per heavy atom. The van der Waals surface area contributed by atoms with Gasteiger partial charge in [-0.25, -0.2) is 9.18 Å². The molecule has 9 atom stereocenters. The fourth-order valence-corrected chi connectivity index (χ4v) is 11.8. The Bertz CT molecular complexity index is 2790. The molecule has 0 aromatic carbocycles. The second-order valence-electron chi connectivity index (χ2n) is 26.4. The smallest absolute Gasteiger partial charge is 0.394 e. The monoisotopic (exact) mass is 1510 g/mol. The van der Waals surface area contributed by atoms with Gasteiger partial charge in [-0.2, -0.15) is 34.8 Å². The molecule has 102 heavy (non-hydrogen) atoms. The molecular formula is C63H104F7N5O26S. The number of fused-ring (bicyclic) bond motifs is 3. The third kappa shape index (κ3) is 32.3. The van der Waals surface area contributed by atoms with E-state index in [1.54, 1.807) is 27.7 Å². The lowest BCUT2D eigenvalue weighted by atomic mass is 10.1. The first kappa shape index (κ1) is 94.3. The number of hydrogen-bond acceptors (Lipinski definition) is 24. The maximum atomic E-state index is 13.0. The maximum Gasteiger partial charge on any atom is 0.394 e. The van der Waals surface area contributed by atoms with Crippen molar-refractivity contribution in [2.75, 3.05) is 87.4 Å². The zero-order chi connectivity index (χ0) is 78.4. The van der Waals surface area contributed by atoms with Crippen LogP contribution in [0.15, 0.2) is 0 Å². The van der Waals surface area contributed by atoms with Gasteiger partial charge in [0.1, 0.15) is 34.5 Å². The van der Waals surface area contributed by atoms with Crippen molar-refractivity contribution in [3.8, 4) is 0 Å². The van der Waals surface area contributed by atoms with E-state index in [-0.39, 0.29) is 66.7 Å². The molecule has 9 saturated heterocycles. The van der Waals surface area contributed by atoms with Gasteiger partial charge in [0.2, 0.25) is 5.91 Å². The number of methoxy groups -OCH3 is 2. The Labute approximate surface area is 588 Å². The molecule has 31 nitrogen and oxygen atoms in total. The number of carboxylic acid groups (broad SMARTS) is 1. The Morgan fingerprint density at radius 1 is 0.637 bits per heavy atom. The number of nitrogens with two attached hydrogens (primary N) is 1. The van der Waals surface area contributed by atoms with Crippen molar-refractivity contribution in [1.29, 1.82) is 0 Å². The molecule has 12 fully saturated rings. The summed E-state index contributed by atoms with van der Waals surface area (Å²) in [6.45, 7) is 15.3. The molecule has 39 heteroatoms. The van der Waals surface area contributed by atoms with Crippen molar-refractivity contribution in [2.45, 2.75) is 235 Å². The lowest BCUT2D eigenvalue weighted by Crippen LogP contribution is -2.46. The number of aliphatic hydroxyl groups excluding tert-OH is 4. The normalized spacial score (nSPS) is 27.5. The van der Waals surface area contributed by atoms with Gasteiger partial charge in [0, 0.05) is 117 Å². The Kier molecular flexibility index (Phi) is 40.4. The first-order valence-corrected chi connectivity index (χ1v) is 34.5. The first-order chi connectivity index (χ1) is 47.2. The molecule has 12 rings (SSSR count). The van der Waals surface area contributed by atoms with Crippen LogP contribution in [0.5, 0.6) is 0 Å². The van der Waals surface area contributed by atoms with E-state index in [1.807, 2.05) is 24.1 Å². The highest BCUT2D eigenvalue weighted by molar-refractivity contribution is 7.79. The number of ketones is 3. The molecule has 0 aromatic rings. The Morgan fingerprint density at radius 3 is 1.41 bits per heavy atom. The molecule has 1 unspecified atom stereocenters. The number of ether oxygens (including phenoxy) is 7. The molecule has 9 aliphatic heterocycles. The van der Waals surface area contributed by atoms with Crippen molar-refractivity contribution in [1.82, 2.24) is 20.0 Å². The van der Waals surface area contributed by atoms with Gasteiger partial charge in [0.05, 0.1) is 83.3 Å². The van der Waals surface area contributed by atoms with Crippen LogP contribution in [0, 0.1) is 17.8 Å². The molecule has 9 heterocycles. The predicted molar refractivity (Wildman–Crippen MR) is 342 cm³/mol. The lowest BCUT2D eigenvalue weighted by molar-refractivity contribution is -0.170. The van der Waals surface area contributed by atoms with E-state index in [1.165, 1.54) is 37.7 Å². The van der Waals surface area contributed by atoms with Gasteiger partial charge in [-0.05, 0) is 98.8 Å². The molecule has 3 aliphatic carbocycles. The zero-order valence-electron chi connectivity index (χ0n) is 59.1. The number of Topliss-reactive ketones (excluding diaryl/α,β-unsaturated/α-hetero) is 3. The van der Waals surface area contributed by atoms with Crippen LogP contribution in [0.1, 0.15) is 164 Å². The summed E-state index contributed by atoms with van der Waals surface area (Å²) in [5.41, 5.74) is 3.18. The van der Waals surface area contributed by atoms with Crippen LogP contribution >= 0.6 is 0 Å². The third-order valence-electron chi connectivity index (χ3n) is 17.0. The summed E-state index contributed by atoms with van der Waals surface area (Å²) in [5.74, 6) is -15.0. The summed E-state index contributed by atoms with van der Waals surface area (Å²) in [5, 5.41) is 42.6. The second kappa shape index (κ2) is 43.7. The fraction of sp³-hybridized carbons (Fsp3) is 0.841. The molecule has 10 N–H and O–H groups in total. The number of nitrogens with one attached hydrogen (secondary N) is 1. The number of carbonyl (C=O) groups is 10. The number of hydrogen-bond donors (Lipinski definition) is 9. The van der Waals surface area contributed by atoms with Gasteiger partial charge < -0.3 is 84.4 Å². The highest BCUT2D eigenvalue weighted by Gasteiger charge is 2.61. The average Bonchev–Trinajstić information content (AvgIpc) is 1.61. The summed E-state index contributed by atoms with van der Waals surface area (Å²) in [6, 6.07) is -2.01. The van der Waals surface area contributed by atoms with E-state index in [0.717, 1.165) is 65.0 Å². The minimum absolute atomic E-state index is 0.0394. The average molecular weight is 1510 g/mol. The molecule has 0 bridgehead atoms. The van der Waals surface area contributed by atoms with Crippen LogP contribution in [0.2, 0.25) is 0 Å². The molecule has 0 spiro atoms. The minimum Gasteiger partial charge on any atom is -0.481 e. The van der Waals surface area contributed by atoms with E-state index in [4.69, 9.17) is 72.5 Å². The first-order valence-electron chi connectivity index (χ1n) is 33.1. The van der Waals surface area contributed by atoms with Crippen molar-refractivity contribution in [3.05, 3.63) is 0 Å². The molecule has 592 valence electrons. The van der Waals surface area contributed by atoms with Crippen LogP contribution in [0.3, 0.4) is 0 Å². The van der Waals surface area contributed by atoms with Gasteiger partial charge in [0.25, 0.3) is 17.7 Å². The summed E-state index contributed by atoms with van der Waals surface area (Å²) in [4.78, 5) is 112. The number of amides is 4. The van der Waals surface area contributed by atoms with Crippen LogP contribution in [-0.2, 0) is 91.5 Å². The van der Waals surface area contributed by atoms with E-state index < -0.39 is 132 Å². The molecule has 3 saturated carbocycles. The van der Waals surface area contributed by atoms with Gasteiger partial charge >= 0.3 is 46.1 Å². The number of carbonyl (C=O) groups excluding carboxylic acids is 9. The Balaban J connectivity index is 0.000000566. The summed E-state index contributed by atoms with van der Waals surface area (Å²) < 4.78 is 154. The number of rotatable bonds is 8. The Hall–Kier alpha value is -5.72. The summed E-state index contributed by atoms with van der Waals surface area (Å²) in [7, 11) is -1.45. The van der Waals surface area contributed by atoms with Gasteiger partial charge in [0.15, 0.2) is 6.17 Å². The van der Waals surface area contributed by atoms with Crippen molar-refractivity contribution >= 4 is 69.3 Å². The van der Waals surface area contributed by atoms with Crippen molar-refractivity contribution < 1.29 is 155 Å². The lowest BCUT2D eigenvalue weighted by Gasteiger charge is -2.29. The highest BCUT2D eigenvalue weighted by atomic mass is 32.3. The van der Waals surface area contributed by atoms with Gasteiger partial charge in [-0.3, -0.25) is 52.3 Å².